The molecule has 2 aromatic rings. The van der Waals surface area contributed by atoms with Crippen LogP contribution in [0.5, 0.6) is 5.75 Å². The first-order valence-electron chi connectivity index (χ1n) is 9.51. The van der Waals surface area contributed by atoms with Crippen LogP contribution >= 0.6 is 11.8 Å². The summed E-state index contributed by atoms with van der Waals surface area (Å²) in [5.74, 6) is 3.03. The van der Waals surface area contributed by atoms with Crippen LogP contribution < -0.4 is 10.1 Å². The lowest BCUT2D eigenvalue weighted by Gasteiger charge is -2.22. The number of nitrogens with zero attached hydrogens (tertiary/aromatic N) is 2. The zero-order chi connectivity index (χ0) is 18.8. The molecule has 0 spiro atoms. The molecule has 2 saturated carbocycles. The van der Waals surface area contributed by atoms with E-state index in [1.54, 1.807) is 0 Å². The smallest absolute Gasteiger partial charge is 0.277 e. The molecule has 2 aliphatic carbocycles. The highest BCUT2D eigenvalue weighted by Gasteiger charge is 2.40. The van der Waals surface area contributed by atoms with Gasteiger partial charge in [-0.3, -0.25) is 4.79 Å². The first-order valence-corrected chi connectivity index (χ1v) is 10.5. The number of amides is 1. The average Bonchev–Trinajstić information content (AvgIpc) is 3.38. The first kappa shape index (κ1) is 18.3. The molecule has 0 saturated heterocycles. The molecule has 0 aliphatic heterocycles. The Bertz CT molecular complexity index is 823. The summed E-state index contributed by atoms with van der Waals surface area (Å²) >= 11 is 1.27. The van der Waals surface area contributed by atoms with Gasteiger partial charge in [0.25, 0.3) is 11.1 Å². The van der Waals surface area contributed by atoms with E-state index in [1.807, 2.05) is 25.1 Å². The molecule has 7 heteroatoms. The zero-order valence-corrected chi connectivity index (χ0v) is 16.6. The van der Waals surface area contributed by atoms with E-state index in [4.69, 9.17) is 9.15 Å². The summed E-state index contributed by atoms with van der Waals surface area (Å²) in [6.07, 6.45) is 5.02. The third kappa shape index (κ3) is 4.46. The van der Waals surface area contributed by atoms with Gasteiger partial charge in [-0.05, 0) is 68.2 Å². The SMILES string of the molecule is Cc1ccc(OCc2nnc(SCC(=O)N[C@H]3C[C@@H]4CC[C@@H]3C4)o2)cc1C. The topological polar surface area (TPSA) is 77.2 Å². The summed E-state index contributed by atoms with van der Waals surface area (Å²) in [7, 11) is 0. The van der Waals surface area contributed by atoms with Gasteiger partial charge < -0.3 is 14.5 Å². The maximum Gasteiger partial charge on any atom is 0.277 e. The van der Waals surface area contributed by atoms with Crippen LogP contribution in [0.25, 0.3) is 0 Å². The van der Waals surface area contributed by atoms with E-state index in [0.717, 1.165) is 18.1 Å². The molecule has 1 aromatic carbocycles. The van der Waals surface area contributed by atoms with Gasteiger partial charge in [-0.2, -0.15) is 0 Å². The highest BCUT2D eigenvalue weighted by atomic mass is 32.2. The Morgan fingerprint density at radius 3 is 2.89 bits per heavy atom. The maximum atomic E-state index is 12.2. The van der Waals surface area contributed by atoms with Crippen LogP contribution in [-0.2, 0) is 11.4 Å². The van der Waals surface area contributed by atoms with Crippen LogP contribution in [-0.4, -0.2) is 27.9 Å². The van der Waals surface area contributed by atoms with E-state index in [9.17, 15) is 4.79 Å². The van der Waals surface area contributed by atoms with Crippen LogP contribution in [0.15, 0.2) is 27.8 Å². The Morgan fingerprint density at radius 1 is 1.26 bits per heavy atom. The van der Waals surface area contributed by atoms with E-state index >= 15 is 0 Å². The van der Waals surface area contributed by atoms with Gasteiger partial charge in [-0.25, -0.2) is 0 Å². The molecule has 1 N–H and O–H groups in total. The summed E-state index contributed by atoms with van der Waals surface area (Å²) < 4.78 is 11.3. The largest absolute Gasteiger partial charge is 0.484 e. The van der Waals surface area contributed by atoms with Gasteiger partial charge in [0, 0.05) is 6.04 Å². The second kappa shape index (κ2) is 7.92. The Balaban J connectivity index is 1.22. The number of aryl methyl sites for hydroxylation is 2. The van der Waals surface area contributed by atoms with E-state index in [-0.39, 0.29) is 12.5 Å². The van der Waals surface area contributed by atoms with E-state index in [2.05, 4.69) is 22.4 Å². The minimum atomic E-state index is 0.0451. The monoisotopic (exact) mass is 387 g/mol. The van der Waals surface area contributed by atoms with Crippen molar-refractivity contribution in [2.24, 2.45) is 11.8 Å². The molecular weight excluding hydrogens is 362 g/mol. The summed E-state index contributed by atoms with van der Waals surface area (Å²) in [6.45, 7) is 4.33. The average molecular weight is 388 g/mol. The van der Waals surface area contributed by atoms with Gasteiger partial charge in [0.05, 0.1) is 5.75 Å². The number of aromatic nitrogens is 2. The Hall–Kier alpha value is -2.02. The molecule has 6 nitrogen and oxygen atoms in total. The van der Waals surface area contributed by atoms with Gasteiger partial charge in [0.1, 0.15) is 5.75 Å². The number of carbonyl (C=O) groups is 1. The van der Waals surface area contributed by atoms with E-state index in [0.29, 0.717) is 28.8 Å². The van der Waals surface area contributed by atoms with Crippen molar-refractivity contribution >= 4 is 17.7 Å². The quantitative estimate of drug-likeness (QED) is 0.731. The van der Waals surface area contributed by atoms with Crippen LogP contribution in [0.4, 0.5) is 0 Å². The minimum Gasteiger partial charge on any atom is -0.484 e. The van der Waals surface area contributed by atoms with Gasteiger partial charge in [-0.1, -0.05) is 24.2 Å². The Labute approximate surface area is 163 Å². The lowest BCUT2D eigenvalue weighted by atomic mass is 9.95. The van der Waals surface area contributed by atoms with Crippen molar-refractivity contribution in [3.8, 4) is 5.75 Å². The van der Waals surface area contributed by atoms with Crippen molar-refractivity contribution in [1.29, 1.82) is 0 Å². The molecule has 0 unspecified atom stereocenters. The molecule has 2 bridgehead atoms. The molecule has 0 radical (unpaired) electrons. The molecule has 1 amide bonds. The Kier molecular flexibility index (Phi) is 5.38. The van der Waals surface area contributed by atoms with Crippen molar-refractivity contribution in [1.82, 2.24) is 15.5 Å². The molecule has 144 valence electrons. The fraction of sp³-hybridized carbons (Fsp3) is 0.550. The lowest BCUT2D eigenvalue weighted by molar-refractivity contribution is -0.119. The van der Waals surface area contributed by atoms with Crippen molar-refractivity contribution < 1.29 is 13.9 Å². The molecule has 2 aliphatic rings. The Morgan fingerprint density at radius 2 is 2.15 bits per heavy atom. The number of carbonyl (C=O) groups excluding carboxylic acids is 1. The summed E-state index contributed by atoms with van der Waals surface area (Å²) in [4.78, 5) is 12.2. The second-order valence-electron chi connectivity index (χ2n) is 7.63. The fourth-order valence-electron chi connectivity index (χ4n) is 4.10. The molecular formula is C20H25N3O3S. The number of hydrogen-bond donors (Lipinski definition) is 1. The highest BCUT2D eigenvalue weighted by molar-refractivity contribution is 7.99. The lowest BCUT2D eigenvalue weighted by Crippen LogP contribution is -2.39. The molecule has 1 heterocycles. The van der Waals surface area contributed by atoms with Crippen molar-refractivity contribution in [2.75, 3.05) is 5.75 Å². The highest BCUT2D eigenvalue weighted by Crippen LogP contribution is 2.44. The van der Waals surface area contributed by atoms with E-state index in [1.165, 1.54) is 42.2 Å². The van der Waals surface area contributed by atoms with Crippen molar-refractivity contribution in [3.63, 3.8) is 0 Å². The molecule has 4 rings (SSSR count). The summed E-state index contributed by atoms with van der Waals surface area (Å²) in [6, 6.07) is 6.30. The number of fused-ring (bicyclic) bond motifs is 2. The fourth-order valence-corrected chi connectivity index (χ4v) is 4.69. The number of nitrogens with one attached hydrogen (secondary N) is 1. The van der Waals surface area contributed by atoms with Crippen LogP contribution in [0.2, 0.25) is 0 Å². The first-order chi connectivity index (χ1) is 13.1. The predicted molar refractivity (Wildman–Crippen MR) is 103 cm³/mol. The van der Waals surface area contributed by atoms with Crippen molar-refractivity contribution in [3.05, 3.63) is 35.2 Å². The van der Waals surface area contributed by atoms with Crippen LogP contribution in [0.3, 0.4) is 0 Å². The van der Waals surface area contributed by atoms with Crippen LogP contribution in [0, 0.1) is 25.7 Å². The maximum absolute atomic E-state index is 12.2. The third-order valence-electron chi connectivity index (χ3n) is 5.70. The summed E-state index contributed by atoms with van der Waals surface area (Å²) in [5.41, 5.74) is 2.40. The van der Waals surface area contributed by atoms with Crippen LogP contribution in [0.1, 0.15) is 42.7 Å². The number of ether oxygens (including phenoxy) is 1. The summed E-state index contributed by atoms with van der Waals surface area (Å²) in [5, 5.41) is 11.5. The van der Waals surface area contributed by atoms with E-state index < -0.39 is 0 Å². The predicted octanol–water partition coefficient (Wildman–Crippen LogP) is 3.66. The zero-order valence-electron chi connectivity index (χ0n) is 15.7. The van der Waals surface area contributed by atoms with Gasteiger partial charge in [0.2, 0.25) is 5.91 Å². The number of hydrogen-bond acceptors (Lipinski definition) is 6. The second-order valence-corrected chi connectivity index (χ2v) is 8.56. The molecule has 3 atom stereocenters. The normalized spacial score (nSPS) is 23.6. The minimum absolute atomic E-state index is 0.0451. The third-order valence-corrected chi connectivity index (χ3v) is 6.52. The standard InChI is InChI=1S/C20H25N3O3S/c1-12-3-6-16(7-13(12)2)25-10-19-22-23-20(26-19)27-11-18(24)21-17-9-14-4-5-15(17)8-14/h3,6-7,14-15,17H,4-5,8-11H2,1-2H3,(H,21,24)/t14-,15-,17+/m1/s1. The molecule has 2 fully saturated rings. The number of rotatable bonds is 7. The van der Waals surface area contributed by atoms with Gasteiger partial charge in [0.15, 0.2) is 6.61 Å². The van der Waals surface area contributed by atoms with Gasteiger partial charge >= 0.3 is 0 Å². The van der Waals surface area contributed by atoms with Gasteiger partial charge in [-0.15, -0.1) is 10.2 Å². The number of benzene rings is 1. The molecule has 1 aromatic heterocycles. The number of thioether (sulfide) groups is 1. The van der Waals surface area contributed by atoms with Crippen molar-refractivity contribution in [2.45, 2.75) is 57.4 Å². The molecule has 27 heavy (non-hydrogen) atoms.